The van der Waals surface area contributed by atoms with Gasteiger partial charge in [-0.25, -0.2) is 4.98 Å². The van der Waals surface area contributed by atoms with Crippen LogP contribution in [0.4, 0.5) is 5.69 Å². The molecule has 0 saturated heterocycles. The van der Waals surface area contributed by atoms with Gasteiger partial charge in [0.25, 0.3) is 5.91 Å². The first-order valence-corrected chi connectivity index (χ1v) is 11.6. The molecule has 1 amide bonds. The van der Waals surface area contributed by atoms with E-state index in [-0.39, 0.29) is 17.8 Å². The molecule has 7 heteroatoms. The molecule has 7 nitrogen and oxygen atoms in total. The second-order valence-corrected chi connectivity index (χ2v) is 8.42. The molecular weight excluding hydrogens is 452 g/mol. The number of hydrogen-bond donors (Lipinski definition) is 2. The van der Waals surface area contributed by atoms with Crippen LogP contribution in [0.5, 0.6) is 5.75 Å². The van der Waals surface area contributed by atoms with Gasteiger partial charge in [-0.2, -0.15) is 0 Å². The Bertz CT molecular complexity index is 1600. The first-order chi connectivity index (χ1) is 17.7. The number of nitrogens with one attached hydrogen (secondary N) is 2. The number of ether oxygens (including phenoxy) is 1. The van der Waals surface area contributed by atoms with Crippen LogP contribution < -0.4 is 10.1 Å². The summed E-state index contributed by atoms with van der Waals surface area (Å²) in [5.74, 6) is 0.671. The topological polar surface area (TPSA) is 93.0 Å². The lowest BCUT2D eigenvalue weighted by Gasteiger charge is -2.18. The maximum atomic E-state index is 12.6. The fourth-order valence-corrected chi connectivity index (χ4v) is 4.23. The minimum absolute atomic E-state index is 0.00201. The minimum atomic E-state index is -0.342. The average Bonchev–Trinajstić information content (AvgIpc) is 3.57. The average molecular weight is 475 g/mol. The molecule has 4 heterocycles. The van der Waals surface area contributed by atoms with Gasteiger partial charge in [0.2, 0.25) is 0 Å². The number of para-hydroxylation sites is 1. The maximum Gasteiger partial charge on any atom is 0.291 e. The summed E-state index contributed by atoms with van der Waals surface area (Å²) in [4.78, 5) is 24.5. The summed E-state index contributed by atoms with van der Waals surface area (Å²) in [5.41, 5.74) is 4.91. The van der Waals surface area contributed by atoms with Gasteiger partial charge < -0.3 is 19.5 Å². The number of aromatic nitrogens is 3. The van der Waals surface area contributed by atoms with Crippen LogP contribution in [0.3, 0.4) is 0 Å². The molecule has 1 aliphatic rings. The summed E-state index contributed by atoms with van der Waals surface area (Å²) in [5, 5.41) is 3.71. The molecular formula is C29H22N4O3. The largest absolute Gasteiger partial charge is 0.485 e. The molecule has 4 aromatic heterocycles. The molecule has 0 fully saturated rings. The van der Waals surface area contributed by atoms with Crippen molar-refractivity contribution in [2.24, 2.45) is 0 Å². The van der Waals surface area contributed by atoms with E-state index in [1.807, 2.05) is 48.8 Å². The summed E-state index contributed by atoms with van der Waals surface area (Å²) in [6, 6.07) is 15.3. The summed E-state index contributed by atoms with van der Waals surface area (Å²) in [6.45, 7) is 0. The lowest BCUT2D eigenvalue weighted by Crippen LogP contribution is -2.14. The predicted molar refractivity (Wildman–Crippen MR) is 139 cm³/mol. The van der Waals surface area contributed by atoms with Crippen molar-refractivity contribution in [3.8, 4) is 28.0 Å². The second kappa shape index (κ2) is 9.38. The van der Waals surface area contributed by atoms with Crippen molar-refractivity contribution in [3.05, 3.63) is 110 Å². The Labute approximate surface area is 207 Å². The van der Waals surface area contributed by atoms with Crippen molar-refractivity contribution in [2.75, 3.05) is 5.32 Å². The molecule has 0 saturated carbocycles. The van der Waals surface area contributed by atoms with E-state index in [4.69, 9.17) is 9.15 Å². The number of H-pyrrole nitrogens is 1. The second-order valence-electron chi connectivity index (χ2n) is 8.42. The third kappa shape index (κ3) is 4.30. The third-order valence-electron chi connectivity index (χ3n) is 6.00. The van der Waals surface area contributed by atoms with Gasteiger partial charge in [-0.05, 0) is 36.4 Å². The van der Waals surface area contributed by atoms with Crippen LogP contribution in [0.2, 0.25) is 0 Å². The fourth-order valence-electron chi connectivity index (χ4n) is 4.23. The van der Waals surface area contributed by atoms with Crippen LogP contribution in [-0.2, 0) is 0 Å². The van der Waals surface area contributed by atoms with Crippen molar-refractivity contribution in [2.45, 2.75) is 12.5 Å². The number of nitrogens with zero attached hydrogens (tertiary/aromatic N) is 2. The van der Waals surface area contributed by atoms with E-state index in [1.165, 1.54) is 0 Å². The first kappa shape index (κ1) is 21.6. The van der Waals surface area contributed by atoms with E-state index in [0.717, 1.165) is 45.5 Å². The standard InChI is InChI=1S/C29H22N4O3/c34-29(33-21-7-6-12-30-16-21)27-14-20(18-35-27)25-17-32-28-24(25)13-19(15-31-28)23-10-4-5-11-26(23)36-22-8-2-1-3-9-22/h1-8,10-18,22H,9H2,(H,31,32)(H,33,34). The predicted octanol–water partition coefficient (Wildman–Crippen LogP) is 6.40. The highest BCUT2D eigenvalue weighted by molar-refractivity contribution is 6.04. The summed E-state index contributed by atoms with van der Waals surface area (Å²) < 4.78 is 11.9. The fraction of sp³-hybridized carbons (Fsp3) is 0.0690. The van der Waals surface area contributed by atoms with Gasteiger partial charge in [0.1, 0.15) is 17.5 Å². The van der Waals surface area contributed by atoms with Crippen molar-refractivity contribution in [1.29, 1.82) is 0 Å². The molecule has 6 rings (SSSR count). The lowest BCUT2D eigenvalue weighted by molar-refractivity contribution is 0.0996. The summed E-state index contributed by atoms with van der Waals surface area (Å²) in [6.07, 6.45) is 17.5. The van der Waals surface area contributed by atoms with Crippen LogP contribution in [0.25, 0.3) is 33.3 Å². The van der Waals surface area contributed by atoms with Crippen molar-refractivity contribution >= 4 is 22.6 Å². The van der Waals surface area contributed by atoms with E-state index in [2.05, 4.69) is 38.5 Å². The van der Waals surface area contributed by atoms with Crippen molar-refractivity contribution < 1.29 is 13.9 Å². The molecule has 1 aliphatic carbocycles. The smallest absolute Gasteiger partial charge is 0.291 e. The van der Waals surface area contributed by atoms with Crippen LogP contribution >= 0.6 is 0 Å². The monoisotopic (exact) mass is 474 g/mol. The number of carbonyl (C=O) groups excluding carboxylic acids is 1. The number of anilines is 1. The molecule has 0 aliphatic heterocycles. The quantitative estimate of drug-likeness (QED) is 0.297. The number of pyridine rings is 2. The highest BCUT2D eigenvalue weighted by atomic mass is 16.5. The number of hydrogen-bond acceptors (Lipinski definition) is 5. The highest BCUT2D eigenvalue weighted by Gasteiger charge is 2.17. The van der Waals surface area contributed by atoms with E-state index in [9.17, 15) is 4.79 Å². The van der Waals surface area contributed by atoms with Crippen LogP contribution in [0, 0.1) is 0 Å². The Balaban J connectivity index is 1.30. The molecule has 1 atom stereocenters. The Morgan fingerprint density at radius 3 is 2.86 bits per heavy atom. The number of benzene rings is 1. The van der Waals surface area contributed by atoms with Gasteiger partial charge in [0.15, 0.2) is 5.76 Å². The number of aromatic amines is 1. The van der Waals surface area contributed by atoms with E-state index >= 15 is 0 Å². The van der Waals surface area contributed by atoms with Crippen LogP contribution in [-0.4, -0.2) is 27.0 Å². The molecule has 1 unspecified atom stereocenters. The number of furan rings is 1. The summed E-state index contributed by atoms with van der Waals surface area (Å²) in [7, 11) is 0. The number of amides is 1. The zero-order valence-electron chi connectivity index (χ0n) is 19.2. The molecule has 36 heavy (non-hydrogen) atoms. The van der Waals surface area contributed by atoms with Gasteiger partial charge in [0, 0.05) is 52.7 Å². The lowest BCUT2D eigenvalue weighted by atomic mass is 10.0. The van der Waals surface area contributed by atoms with Crippen molar-refractivity contribution in [1.82, 2.24) is 15.0 Å². The van der Waals surface area contributed by atoms with Gasteiger partial charge in [-0.1, -0.05) is 36.4 Å². The molecule has 0 spiro atoms. The van der Waals surface area contributed by atoms with E-state index in [0.29, 0.717) is 5.69 Å². The molecule has 0 radical (unpaired) electrons. The zero-order chi connectivity index (χ0) is 24.3. The molecule has 176 valence electrons. The van der Waals surface area contributed by atoms with Crippen LogP contribution in [0.15, 0.2) is 108 Å². The number of carbonyl (C=O) groups is 1. The molecule has 5 aromatic rings. The number of fused-ring (bicyclic) bond motifs is 1. The maximum absolute atomic E-state index is 12.6. The molecule has 1 aromatic carbocycles. The van der Waals surface area contributed by atoms with Gasteiger partial charge >= 0.3 is 0 Å². The zero-order valence-corrected chi connectivity index (χ0v) is 19.2. The van der Waals surface area contributed by atoms with Gasteiger partial charge in [-0.15, -0.1) is 0 Å². The Hall–Kier alpha value is -4.91. The normalized spacial score (nSPS) is 14.7. The van der Waals surface area contributed by atoms with Crippen molar-refractivity contribution in [3.63, 3.8) is 0 Å². The highest BCUT2D eigenvalue weighted by Crippen LogP contribution is 2.36. The van der Waals surface area contributed by atoms with E-state index in [1.54, 1.807) is 36.9 Å². The minimum Gasteiger partial charge on any atom is -0.485 e. The number of rotatable bonds is 6. The molecule has 2 N–H and O–H groups in total. The first-order valence-electron chi connectivity index (χ1n) is 11.6. The SMILES string of the molecule is O=C(Nc1cccnc1)c1cc(-c2c[nH]c3ncc(-c4ccccc4OC4C=CC=CC4)cc23)co1. The molecule has 0 bridgehead atoms. The van der Waals surface area contributed by atoms with Gasteiger partial charge in [-0.3, -0.25) is 9.78 Å². The Morgan fingerprint density at radius 1 is 1.06 bits per heavy atom. The van der Waals surface area contributed by atoms with Crippen LogP contribution in [0.1, 0.15) is 17.0 Å². The Morgan fingerprint density at radius 2 is 2.00 bits per heavy atom. The van der Waals surface area contributed by atoms with Gasteiger partial charge in [0.05, 0.1) is 18.1 Å². The third-order valence-corrected chi connectivity index (χ3v) is 6.00. The van der Waals surface area contributed by atoms with E-state index < -0.39 is 0 Å². The Kier molecular flexibility index (Phi) is 5.63. The summed E-state index contributed by atoms with van der Waals surface area (Å²) >= 11 is 0. The number of allylic oxidation sites excluding steroid dienone is 2.